The maximum atomic E-state index is 11.6. The minimum absolute atomic E-state index is 0.0930. The summed E-state index contributed by atoms with van der Waals surface area (Å²) in [7, 11) is 0. The Kier molecular flexibility index (Phi) is 18.5. The van der Waals surface area contributed by atoms with Gasteiger partial charge < -0.3 is 9.84 Å². The van der Waals surface area contributed by atoms with E-state index in [0.29, 0.717) is 6.42 Å². The Hall–Kier alpha value is -1.32. The molecule has 0 spiro atoms. The third-order valence-corrected chi connectivity index (χ3v) is 4.78. The van der Waals surface area contributed by atoms with Gasteiger partial charge in [0.15, 0.2) is 0 Å². The zero-order chi connectivity index (χ0) is 20.2. The monoisotopic (exact) mass is 382 g/mol. The van der Waals surface area contributed by atoms with Crippen LogP contribution in [0.3, 0.4) is 0 Å². The number of carbonyl (C=O) groups excluding carboxylic acids is 1. The molecule has 0 aliphatic heterocycles. The van der Waals surface area contributed by atoms with E-state index in [4.69, 9.17) is 9.84 Å². The number of hydrogen-bond acceptors (Lipinski definition) is 3. The first-order valence-electron chi connectivity index (χ1n) is 11.2. The molecule has 1 N–H and O–H groups in total. The number of carbonyl (C=O) groups is 2. The highest BCUT2D eigenvalue weighted by atomic mass is 16.5. The van der Waals surface area contributed by atoms with Gasteiger partial charge in [-0.3, -0.25) is 9.59 Å². The third kappa shape index (κ3) is 19.3. The number of ether oxygens (including phenoxy) is 1. The van der Waals surface area contributed by atoms with Crippen molar-refractivity contribution in [2.45, 2.75) is 123 Å². The maximum absolute atomic E-state index is 11.6. The molecule has 0 aromatic rings. The van der Waals surface area contributed by atoms with Crippen LogP contribution in [0.1, 0.15) is 117 Å². The fourth-order valence-electron chi connectivity index (χ4n) is 3.07. The molecule has 0 aromatic carbocycles. The molecule has 0 aliphatic rings. The average Bonchev–Trinajstić information content (AvgIpc) is 2.65. The predicted molar refractivity (Wildman–Crippen MR) is 112 cm³/mol. The van der Waals surface area contributed by atoms with Gasteiger partial charge in [-0.2, -0.15) is 0 Å². The second-order valence-corrected chi connectivity index (χ2v) is 7.42. The first kappa shape index (κ1) is 25.7. The molecule has 158 valence electrons. The number of rotatable bonds is 19. The summed E-state index contributed by atoms with van der Waals surface area (Å²) in [6, 6.07) is 0. The van der Waals surface area contributed by atoms with Gasteiger partial charge in [0.05, 0.1) is 0 Å². The third-order valence-electron chi connectivity index (χ3n) is 4.78. The smallest absolute Gasteiger partial charge is 0.306 e. The molecule has 0 rings (SSSR count). The average molecular weight is 383 g/mol. The van der Waals surface area contributed by atoms with Crippen molar-refractivity contribution in [2.75, 3.05) is 0 Å². The van der Waals surface area contributed by atoms with Crippen LogP contribution in [0, 0.1) is 0 Å². The topological polar surface area (TPSA) is 63.6 Å². The maximum Gasteiger partial charge on any atom is 0.306 e. The summed E-state index contributed by atoms with van der Waals surface area (Å²) in [5, 5.41) is 8.61. The quantitative estimate of drug-likeness (QED) is 0.151. The van der Waals surface area contributed by atoms with Crippen LogP contribution in [0.25, 0.3) is 0 Å². The predicted octanol–water partition coefficient (Wildman–Crippen LogP) is 6.82. The van der Waals surface area contributed by atoms with E-state index in [1.165, 1.54) is 38.5 Å². The van der Waals surface area contributed by atoms with Gasteiger partial charge in [0.25, 0.3) is 0 Å². The number of carboxylic acids is 1. The van der Waals surface area contributed by atoms with Crippen molar-refractivity contribution in [1.29, 1.82) is 0 Å². The number of allylic oxidation sites excluding steroid dienone is 1. The van der Waals surface area contributed by atoms with Gasteiger partial charge in [-0.1, -0.05) is 77.7 Å². The Balaban J connectivity index is 3.88. The Labute approximate surface area is 166 Å². The van der Waals surface area contributed by atoms with Crippen molar-refractivity contribution in [3.63, 3.8) is 0 Å². The van der Waals surface area contributed by atoms with Crippen LogP contribution >= 0.6 is 0 Å². The van der Waals surface area contributed by atoms with E-state index in [9.17, 15) is 9.59 Å². The Morgan fingerprint density at radius 2 is 1.44 bits per heavy atom. The summed E-state index contributed by atoms with van der Waals surface area (Å²) < 4.78 is 5.54. The van der Waals surface area contributed by atoms with Gasteiger partial charge in [0.1, 0.15) is 6.10 Å². The summed E-state index contributed by atoms with van der Waals surface area (Å²) >= 11 is 0. The molecule has 0 aliphatic carbocycles. The van der Waals surface area contributed by atoms with E-state index in [1.54, 1.807) is 0 Å². The molecule has 1 unspecified atom stereocenters. The summed E-state index contributed by atoms with van der Waals surface area (Å²) in [6.45, 7) is 4.07. The molecule has 0 heterocycles. The molecular formula is C23H42O4. The van der Waals surface area contributed by atoms with Crippen LogP contribution in [-0.4, -0.2) is 23.1 Å². The molecule has 0 aromatic heterocycles. The van der Waals surface area contributed by atoms with Gasteiger partial charge in [0.2, 0.25) is 0 Å². The second-order valence-electron chi connectivity index (χ2n) is 7.42. The van der Waals surface area contributed by atoms with Gasteiger partial charge in [0, 0.05) is 12.8 Å². The molecule has 0 saturated heterocycles. The standard InChI is InChI=1S/C23H42O4/c1-3-5-6-7-8-9-12-15-18-21(27-23(26)4-2)19-16-13-10-11-14-17-20-22(24)25/h15,18,21H,3-14,16-17,19-20H2,1-2H3,(H,24,25)/b18-15-. The zero-order valence-corrected chi connectivity index (χ0v) is 17.7. The lowest BCUT2D eigenvalue weighted by atomic mass is 10.0. The largest absolute Gasteiger partial charge is 0.481 e. The molecule has 0 radical (unpaired) electrons. The molecule has 1 atom stereocenters. The van der Waals surface area contributed by atoms with Gasteiger partial charge in [-0.25, -0.2) is 0 Å². The van der Waals surface area contributed by atoms with E-state index >= 15 is 0 Å². The highest BCUT2D eigenvalue weighted by Crippen LogP contribution is 2.14. The van der Waals surface area contributed by atoms with E-state index in [2.05, 4.69) is 19.1 Å². The lowest BCUT2D eigenvalue weighted by Crippen LogP contribution is -2.15. The molecule has 4 nitrogen and oxygen atoms in total. The number of unbranched alkanes of at least 4 members (excludes halogenated alkanes) is 11. The van der Waals surface area contributed by atoms with E-state index in [0.717, 1.165) is 51.4 Å². The Morgan fingerprint density at radius 3 is 2.07 bits per heavy atom. The summed E-state index contributed by atoms with van der Waals surface area (Å²) in [6.07, 6.45) is 20.7. The molecule has 0 bridgehead atoms. The minimum Gasteiger partial charge on any atom is -0.481 e. The molecule has 0 fully saturated rings. The van der Waals surface area contributed by atoms with Crippen molar-refractivity contribution in [1.82, 2.24) is 0 Å². The van der Waals surface area contributed by atoms with Crippen LogP contribution in [0.15, 0.2) is 12.2 Å². The number of esters is 1. The molecular weight excluding hydrogens is 340 g/mol. The highest BCUT2D eigenvalue weighted by Gasteiger charge is 2.09. The Bertz CT molecular complexity index is 390. The van der Waals surface area contributed by atoms with E-state index in [1.807, 2.05) is 6.92 Å². The fourth-order valence-corrected chi connectivity index (χ4v) is 3.07. The van der Waals surface area contributed by atoms with Crippen LogP contribution in [0.2, 0.25) is 0 Å². The zero-order valence-electron chi connectivity index (χ0n) is 17.7. The van der Waals surface area contributed by atoms with Crippen molar-refractivity contribution in [3.8, 4) is 0 Å². The number of aliphatic carboxylic acids is 1. The van der Waals surface area contributed by atoms with Crippen LogP contribution in [0.4, 0.5) is 0 Å². The van der Waals surface area contributed by atoms with Crippen LogP contribution in [0.5, 0.6) is 0 Å². The van der Waals surface area contributed by atoms with E-state index < -0.39 is 5.97 Å². The first-order valence-corrected chi connectivity index (χ1v) is 11.2. The lowest BCUT2D eigenvalue weighted by molar-refractivity contribution is -0.146. The van der Waals surface area contributed by atoms with Gasteiger partial charge in [-0.05, 0) is 38.2 Å². The SMILES string of the molecule is CCCCCCCC/C=C\C(CCCCCCCCC(=O)O)OC(=O)CC. The first-order chi connectivity index (χ1) is 13.1. The van der Waals surface area contributed by atoms with Gasteiger partial charge >= 0.3 is 11.9 Å². The van der Waals surface area contributed by atoms with Crippen LogP contribution < -0.4 is 0 Å². The van der Waals surface area contributed by atoms with Crippen molar-refractivity contribution >= 4 is 11.9 Å². The summed E-state index contributed by atoms with van der Waals surface area (Å²) in [4.78, 5) is 22.1. The van der Waals surface area contributed by atoms with Crippen molar-refractivity contribution < 1.29 is 19.4 Å². The highest BCUT2D eigenvalue weighted by molar-refractivity contribution is 5.69. The van der Waals surface area contributed by atoms with Crippen LogP contribution in [-0.2, 0) is 14.3 Å². The van der Waals surface area contributed by atoms with Gasteiger partial charge in [-0.15, -0.1) is 0 Å². The normalized spacial score (nSPS) is 12.4. The molecule has 27 heavy (non-hydrogen) atoms. The van der Waals surface area contributed by atoms with Crippen molar-refractivity contribution in [3.05, 3.63) is 12.2 Å². The Morgan fingerprint density at radius 1 is 0.852 bits per heavy atom. The van der Waals surface area contributed by atoms with E-state index in [-0.39, 0.29) is 18.5 Å². The molecule has 0 saturated carbocycles. The fraction of sp³-hybridized carbons (Fsp3) is 0.826. The number of carboxylic acid groups (broad SMARTS) is 1. The summed E-state index contributed by atoms with van der Waals surface area (Å²) in [5.41, 5.74) is 0. The summed E-state index contributed by atoms with van der Waals surface area (Å²) in [5.74, 6) is -0.832. The molecule has 0 amide bonds. The second kappa shape index (κ2) is 19.4. The van der Waals surface area contributed by atoms with Crippen molar-refractivity contribution in [2.24, 2.45) is 0 Å². The minimum atomic E-state index is -0.705. The lowest BCUT2D eigenvalue weighted by Gasteiger charge is -2.14. The molecule has 4 heteroatoms. The number of hydrogen-bond donors (Lipinski definition) is 1.